The zero-order valence-corrected chi connectivity index (χ0v) is 18.8. The summed E-state index contributed by atoms with van der Waals surface area (Å²) in [5.41, 5.74) is 2.92. The van der Waals surface area contributed by atoms with E-state index in [0.29, 0.717) is 12.5 Å². The molecular weight excluding hydrogens is 446 g/mol. The van der Waals surface area contributed by atoms with Gasteiger partial charge in [-0.25, -0.2) is 9.78 Å². The van der Waals surface area contributed by atoms with Crippen LogP contribution in [0.1, 0.15) is 43.9 Å². The van der Waals surface area contributed by atoms with Crippen molar-refractivity contribution in [2.75, 3.05) is 18.4 Å². The number of nitrogens with zero attached hydrogens (tertiary/aromatic N) is 5. The highest BCUT2D eigenvalue weighted by Crippen LogP contribution is 2.30. The SMILES string of the molecule is CC(C)NC(=O)N1CCC(c2cc(NCc3cccnc3)n3ncc(Br)c3n2)CC1. The van der Waals surface area contributed by atoms with Gasteiger partial charge in [-0.2, -0.15) is 9.61 Å². The number of carbonyl (C=O) groups is 1. The van der Waals surface area contributed by atoms with Crippen LogP contribution in [0, 0.1) is 0 Å². The van der Waals surface area contributed by atoms with Gasteiger partial charge < -0.3 is 15.5 Å². The fraction of sp³-hybridized carbons (Fsp3) is 0.429. The summed E-state index contributed by atoms with van der Waals surface area (Å²) < 4.78 is 2.68. The summed E-state index contributed by atoms with van der Waals surface area (Å²) in [5, 5.41) is 10.9. The quantitative estimate of drug-likeness (QED) is 0.590. The molecule has 1 aliphatic heterocycles. The van der Waals surface area contributed by atoms with E-state index in [4.69, 9.17) is 4.98 Å². The maximum atomic E-state index is 12.3. The number of amides is 2. The van der Waals surface area contributed by atoms with Crippen LogP contribution >= 0.6 is 15.9 Å². The minimum atomic E-state index is 0.0178. The first-order valence-electron chi connectivity index (χ1n) is 10.2. The van der Waals surface area contributed by atoms with Crippen molar-refractivity contribution in [3.05, 3.63) is 52.5 Å². The number of piperidine rings is 1. The predicted octanol–water partition coefficient (Wildman–Crippen LogP) is 3.80. The Hall–Kier alpha value is -2.68. The number of nitrogens with one attached hydrogen (secondary N) is 2. The average molecular weight is 472 g/mol. The van der Waals surface area contributed by atoms with Gasteiger partial charge in [0.1, 0.15) is 5.82 Å². The summed E-state index contributed by atoms with van der Waals surface area (Å²) in [7, 11) is 0. The van der Waals surface area contributed by atoms with Crippen LogP contribution in [-0.2, 0) is 6.54 Å². The number of likely N-dealkylation sites (tertiary alicyclic amines) is 1. The number of carbonyl (C=O) groups excluding carboxylic acids is 1. The number of hydrogen-bond donors (Lipinski definition) is 2. The van der Waals surface area contributed by atoms with Crippen molar-refractivity contribution in [2.45, 2.75) is 45.2 Å². The molecule has 0 spiro atoms. The van der Waals surface area contributed by atoms with Gasteiger partial charge in [-0.15, -0.1) is 0 Å². The van der Waals surface area contributed by atoms with Gasteiger partial charge in [0.25, 0.3) is 0 Å². The molecule has 3 aromatic rings. The van der Waals surface area contributed by atoms with Gasteiger partial charge in [-0.3, -0.25) is 4.98 Å². The molecule has 8 nitrogen and oxygen atoms in total. The maximum absolute atomic E-state index is 12.3. The highest BCUT2D eigenvalue weighted by Gasteiger charge is 2.26. The number of halogens is 1. The van der Waals surface area contributed by atoms with E-state index in [1.165, 1.54) is 0 Å². The first kappa shape index (κ1) is 20.6. The Morgan fingerprint density at radius 2 is 2.10 bits per heavy atom. The van der Waals surface area contributed by atoms with Gasteiger partial charge in [0.2, 0.25) is 0 Å². The number of rotatable bonds is 5. The van der Waals surface area contributed by atoms with Gasteiger partial charge >= 0.3 is 6.03 Å². The van der Waals surface area contributed by atoms with E-state index in [0.717, 1.165) is 53.1 Å². The van der Waals surface area contributed by atoms with Crippen molar-refractivity contribution in [1.82, 2.24) is 29.8 Å². The third kappa shape index (κ3) is 4.56. The van der Waals surface area contributed by atoms with Gasteiger partial charge in [-0.1, -0.05) is 6.07 Å². The molecular formula is C21H26BrN7O. The Kier molecular flexibility index (Phi) is 6.17. The van der Waals surface area contributed by atoms with Crippen LogP contribution in [-0.4, -0.2) is 49.6 Å². The Labute approximate surface area is 184 Å². The van der Waals surface area contributed by atoms with E-state index in [9.17, 15) is 4.79 Å². The first-order valence-corrected chi connectivity index (χ1v) is 11.0. The molecule has 158 valence electrons. The number of urea groups is 1. The Morgan fingerprint density at radius 1 is 1.30 bits per heavy atom. The summed E-state index contributed by atoms with van der Waals surface area (Å²) in [6.07, 6.45) is 7.17. The molecule has 4 rings (SSSR count). The predicted molar refractivity (Wildman–Crippen MR) is 119 cm³/mol. The monoisotopic (exact) mass is 471 g/mol. The molecule has 0 radical (unpaired) electrons. The van der Waals surface area contributed by atoms with E-state index in [-0.39, 0.29) is 12.1 Å². The number of pyridine rings is 1. The van der Waals surface area contributed by atoms with Gasteiger partial charge in [0.15, 0.2) is 5.65 Å². The molecule has 1 saturated heterocycles. The summed E-state index contributed by atoms with van der Waals surface area (Å²) in [6, 6.07) is 6.21. The number of anilines is 1. The molecule has 0 atom stereocenters. The van der Waals surface area contributed by atoms with Crippen LogP contribution in [0.5, 0.6) is 0 Å². The largest absolute Gasteiger partial charge is 0.366 e. The van der Waals surface area contributed by atoms with E-state index in [1.54, 1.807) is 12.4 Å². The van der Waals surface area contributed by atoms with Crippen LogP contribution in [0.3, 0.4) is 0 Å². The molecule has 0 aliphatic carbocycles. The van der Waals surface area contributed by atoms with Crippen LogP contribution in [0.2, 0.25) is 0 Å². The van der Waals surface area contributed by atoms with Gasteiger partial charge in [0, 0.05) is 55.7 Å². The van der Waals surface area contributed by atoms with Crippen molar-refractivity contribution in [3.63, 3.8) is 0 Å². The van der Waals surface area contributed by atoms with E-state index in [1.807, 2.05) is 41.6 Å². The van der Waals surface area contributed by atoms with Crippen LogP contribution in [0.4, 0.5) is 10.6 Å². The Bertz CT molecular complexity index is 1010. The molecule has 0 unspecified atom stereocenters. The number of hydrogen-bond acceptors (Lipinski definition) is 5. The van der Waals surface area contributed by atoms with E-state index >= 15 is 0 Å². The lowest BCUT2D eigenvalue weighted by molar-refractivity contribution is 0.178. The molecule has 3 aromatic heterocycles. The van der Waals surface area contributed by atoms with E-state index in [2.05, 4.69) is 42.7 Å². The van der Waals surface area contributed by atoms with Crippen LogP contribution < -0.4 is 10.6 Å². The van der Waals surface area contributed by atoms with Crippen molar-refractivity contribution in [3.8, 4) is 0 Å². The maximum Gasteiger partial charge on any atom is 0.317 e. The second-order valence-electron chi connectivity index (χ2n) is 7.87. The molecule has 1 fully saturated rings. The summed E-state index contributed by atoms with van der Waals surface area (Å²) in [4.78, 5) is 23.2. The highest BCUT2D eigenvalue weighted by atomic mass is 79.9. The molecule has 30 heavy (non-hydrogen) atoms. The Morgan fingerprint density at radius 3 is 2.80 bits per heavy atom. The standard InChI is InChI=1S/C21H26BrN7O/c1-14(2)26-21(30)28-8-5-16(6-9-28)18-10-19(24-12-15-4-3-7-23-11-15)29-20(27-18)17(22)13-25-29/h3-4,7,10-11,13-14,16,24H,5-6,8-9,12H2,1-2H3,(H,26,30). The molecule has 0 aromatic carbocycles. The normalized spacial score (nSPS) is 15.0. The molecule has 2 amide bonds. The lowest BCUT2D eigenvalue weighted by Gasteiger charge is -2.32. The lowest BCUT2D eigenvalue weighted by atomic mass is 9.93. The second kappa shape index (κ2) is 8.99. The van der Waals surface area contributed by atoms with E-state index < -0.39 is 0 Å². The fourth-order valence-electron chi connectivity index (χ4n) is 3.70. The second-order valence-corrected chi connectivity index (χ2v) is 8.73. The van der Waals surface area contributed by atoms with Gasteiger partial charge in [-0.05, 0) is 54.2 Å². The zero-order chi connectivity index (χ0) is 21.1. The summed E-state index contributed by atoms with van der Waals surface area (Å²) in [6.45, 7) is 6.07. The Balaban J connectivity index is 1.52. The molecule has 0 bridgehead atoms. The molecule has 1 aliphatic rings. The number of aromatic nitrogens is 4. The third-order valence-corrected chi connectivity index (χ3v) is 5.82. The first-order chi connectivity index (χ1) is 14.5. The van der Waals surface area contributed by atoms with Crippen molar-refractivity contribution in [1.29, 1.82) is 0 Å². The van der Waals surface area contributed by atoms with Gasteiger partial charge in [0.05, 0.1) is 10.7 Å². The minimum Gasteiger partial charge on any atom is -0.366 e. The van der Waals surface area contributed by atoms with Crippen molar-refractivity contribution < 1.29 is 4.79 Å². The topological polar surface area (TPSA) is 87.5 Å². The van der Waals surface area contributed by atoms with Crippen LogP contribution in [0.15, 0.2) is 41.3 Å². The third-order valence-electron chi connectivity index (χ3n) is 5.26. The average Bonchev–Trinajstić information content (AvgIpc) is 3.13. The van der Waals surface area contributed by atoms with Crippen LogP contribution in [0.25, 0.3) is 5.65 Å². The molecule has 9 heteroatoms. The molecule has 4 heterocycles. The summed E-state index contributed by atoms with van der Waals surface area (Å²) >= 11 is 3.56. The molecule has 0 saturated carbocycles. The zero-order valence-electron chi connectivity index (χ0n) is 17.2. The highest BCUT2D eigenvalue weighted by molar-refractivity contribution is 9.10. The fourth-order valence-corrected chi connectivity index (χ4v) is 4.05. The summed E-state index contributed by atoms with van der Waals surface area (Å²) in [5.74, 6) is 1.20. The number of fused-ring (bicyclic) bond motifs is 1. The van der Waals surface area contributed by atoms with Crippen molar-refractivity contribution >= 4 is 33.4 Å². The minimum absolute atomic E-state index is 0.0178. The smallest absolute Gasteiger partial charge is 0.317 e. The molecule has 2 N–H and O–H groups in total. The van der Waals surface area contributed by atoms with Crippen molar-refractivity contribution in [2.24, 2.45) is 0 Å². The lowest BCUT2D eigenvalue weighted by Crippen LogP contribution is -2.46.